The number of carbonyl (C=O) groups excluding carboxylic acids is 2. The molecule has 1 saturated heterocycles. The lowest BCUT2D eigenvalue weighted by Crippen LogP contribution is -2.50. The summed E-state index contributed by atoms with van der Waals surface area (Å²) in [5, 5.41) is 24.4. The number of amides is 2. The number of halogens is 1. The molecule has 2 amide bonds. The van der Waals surface area contributed by atoms with Crippen molar-refractivity contribution in [2.45, 2.75) is 41.2 Å². The molecule has 0 saturated carbocycles. The maximum Gasteiger partial charge on any atom is 0.255 e. The molecule has 6 nitrogen and oxygen atoms in total. The van der Waals surface area contributed by atoms with E-state index in [-0.39, 0.29) is 12.6 Å². The second-order valence-corrected chi connectivity index (χ2v) is 11.2. The number of nitrogens with one attached hydrogen (secondary N) is 1. The van der Waals surface area contributed by atoms with Crippen LogP contribution in [0.5, 0.6) is 0 Å². The molecule has 2 aliphatic rings. The van der Waals surface area contributed by atoms with Crippen molar-refractivity contribution in [2.75, 3.05) is 18.8 Å². The Morgan fingerprint density at radius 3 is 2.71 bits per heavy atom. The molecule has 2 aliphatic heterocycles. The Bertz CT molecular complexity index is 1050. The van der Waals surface area contributed by atoms with Gasteiger partial charge in [0, 0.05) is 38.9 Å². The molecule has 4 atom stereocenters. The van der Waals surface area contributed by atoms with Gasteiger partial charge in [0.2, 0.25) is 0 Å². The standard InChI is InChI=1S/C25H27ClN2O4S2/c26-17-7-4-6-16(12-17)21-10-5-11-28(21)25(32)23(30)22(29)24(31)27-14-19-13-20(15-33-19)34-18-8-2-1-3-9-18/h1-4,6-9,12-13,20-23,29-30H,5,10-11,14-15H2,(H,27,31)/t20?,21-,22-,23-/m1/s1. The van der Waals surface area contributed by atoms with Gasteiger partial charge in [0.25, 0.3) is 11.8 Å². The number of aliphatic hydroxyl groups excluding tert-OH is 2. The summed E-state index contributed by atoms with van der Waals surface area (Å²) >= 11 is 9.50. The maximum atomic E-state index is 12.9. The van der Waals surface area contributed by atoms with Gasteiger partial charge in [0.1, 0.15) is 0 Å². The van der Waals surface area contributed by atoms with Crippen molar-refractivity contribution >= 4 is 46.9 Å². The van der Waals surface area contributed by atoms with Gasteiger partial charge in [-0.3, -0.25) is 9.59 Å². The van der Waals surface area contributed by atoms with Gasteiger partial charge in [-0.25, -0.2) is 0 Å². The van der Waals surface area contributed by atoms with Crippen molar-refractivity contribution in [3.8, 4) is 0 Å². The summed E-state index contributed by atoms with van der Waals surface area (Å²) in [6.07, 6.45) is -0.0581. The Hall–Kier alpha value is -1.97. The fraction of sp³-hybridized carbons (Fsp3) is 0.360. The Labute approximate surface area is 212 Å². The molecule has 0 aromatic heterocycles. The Morgan fingerprint density at radius 1 is 1.15 bits per heavy atom. The van der Waals surface area contributed by atoms with Crippen LogP contribution in [0.25, 0.3) is 0 Å². The van der Waals surface area contributed by atoms with E-state index in [1.807, 2.05) is 30.3 Å². The maximum absolute atomic E-state index is 12.9. The fourth-order valence-electron chi connectivity index (χ4n) is 4.16. The summed E-state index contributed by atoms with van der Waals surface area (Å²) in [5.41, 5.74) is 0.873. The zero-order valence-electron chi connectivity index (χ0n) is 18.5. The average Bonchev–Trinajstić information content (AvgIpc) is 3.51. The lowest BCUT2D eigenvalue weighted by Gasteiger charge is -2.28. The van der Waals surface area contributed by atoms with Crippen LogP contribution in [-0.2, 0) is 9.59 Å². The van der Waals surface area contributed by atoms with E-state index in [9.17, 15) is 19.8 Å². The lowest BCUT2D eigenvalue weighted by atomic mass is 10.0. The molecule has 0 aliphatic carbocycles. The van der Waals surface area contributed by atoms with Crippen molar-refractivity contribution in [1.82, 2.24) is 10.2 Å². The molecule has 1 fully saturated rings. The van der Waals surface area contributed by atoms with Crippen LogP contribution < -0.4 is 5.32 Å². The minimum absolute atomic E-state index is 0.241. The zero-order valence-corrected chi connectivity index (χ0v) is 20.9. The number of benzene rings is 2. The molecular formula is C25H27ClN2O4S2. The predicted octanol–water partition coefficient (Wildman–Crippen LogP) is 3.63. The van der Waals surface area contributed by atoms with Crippen LogP contribution in [0.1, 0.15) is 24.4 Å². The molecule has 9 heteroatoms. The molecule has 0 radical (unpaired) electrons. The quantitative estimate of drug-likeness (QED) is 0.494. The number of nitrogens with zero attached hydrogens (tertiary/aromatic N) is 1. The normalized spacial score (nSPS) is 21.7. The van der Waals surface area contributed by atoms with Gasteiger partial charge in [-0.1, -0.05) is 48.0 Å². The predicted molar refractivity (Wildman–Crippen MR) is 137 cm³/mol. The molecule has 1 unspecified atom stereocenters. The van der Waals surface area contributed by atoms with Gasteiger partial charge in [0.05, 0.1) is 6.04 Å². The Balaban J connectivity index is 1.30. The number of hydrogen-bond acceptors (Lipinski definition) is 6. The molecule has 4 rings (SSSR count). The molecule has 180 valence electrons. The SMILES string of the molecule is O=C(NCC1=CC(Sc2ccccc2)CS1)[C@H](O)[C@@H](O)C(=O)N1CCC[C@@H]1c1cccc(Cl)c1. The number of thioether (sulfide) groups is 2. The Morgan fingerprint density at radius 2 is 1.94 bits per heavy atom. The Kier molecular flexibility index (Phi) is 8.60. The van der Waals surface area contributed by atoms with Crippen molar-refractivity contribution in [2.24, 2.45) is 0 Å². The zero-order chi connectivity index (χ0) is 24.1. The molecule has 2 heterocycles. The van der Waals surface area contributed by atoms with Crippen LogP contribution in [-0.4, -0.2) is 63.2 Å². The highest BCUT2D eigenvalue weighted by Crippen LogP contribution is 2.36. The van der Waals surface area contributed by atoms with Crippen molar-refractivity contribution in [3.05, 3.63) is 76.2 Å². The third kappa shape index (κ3) is 6.17. The van der Waals surface area contributed by atoms with Crippen LogP contribution in [0.2, 0.25) is 5.02 Å². The van der Waals surface area contributed by atoms with Crippen LogP contribution in [0.3, 0.4) is 0 Å². The molecular weight excluding hydrogens is 492 g/mol. The summed E-state index contributed by atoms with van der Waals surface area (Å²) in [5.74, 6) is -0.521. The van der Waals surface area contributed by atoms with Gasteiger partial charge >= 0.3 is 0 Å². The first-order valence-electron chi connectivity index (χ1n) is 11.2. The molecule has 0 spiro atoms. The van der Waals surface area contributed by atoms with E-state index in [0.29, 0.717) is 16.8 Å². The topological polar surface area (TPSA) is 89.9 Å². The number of carbonyl (C=O) groups is 2. The second-order valence-electron chi connectivity index (χ2n) is 8.27. The first-order chi connectivity index (χ1) is 16.4. The second kappa shape index (κ2) is 11.6. The van der Waals surface area contributed by atoms with E-state index in [1.165, 1.54) is 9.80 Å². The van der Waals surface area contributed by atoms with Crippen molar-refractivity contribution in [1.29, 1.82) is 0 Å². The third-order valence-corrected chi connectivity index (χ3v) is 8.64. The first kappa shape index (κ1) is 25.1. The highest BCUT2D eigenvalue weighted by molar-refractivity contribution is 8.06. The van der Waals surface area contributed by atoms with Gasteiger partial charge in [-0.05, 0) is 42.7 Å². The summed E-state index contributed by atoms with van der Waals surface area (Å²) < 4.78 is 0. The summed E-state index contributed by atoms with van der Waals surface area (Å²) in [4.78, 5) is 29.1. The van der Waals surface area contributed by atoms with Gasteiger partial charge in [-0.15, -0.1) is 23.5 Å². The fourth-order valence-corrected chi connectivity index (χ4v) is 6.73. The lowest BCUT2D eigenvalue weighted by molar-refractivity contribution is -0.153. The molecule has 2 aromatic carbocycles. The largest absolute Gasteiger partial charge is 0.380 e. The molecule has 0 bridgehead atoms. The van der Waals surface area contributed by atoms with E-state index in [4.69, 9.17) is 11.6 Å². The summed E-state index contributed by atoms with van der Waals surface area (Å²) in [6, 6.07) is 17.1. The van der Waals surface area contributed by atoms with Crippen LogP contribution in [0.15, 0.2) is 70.5 Å². The van der Waals surface area contributed by atoms with E-state index < -0.39 is 24.0 Å². The van der Waals surface area contributed by atoms with Crippen molar-refractivity contribution in [3.63, 3.8) is 0 Å². The van der Waals surface area contributed by atoms with E-state index in [2.05, 4.69) is 23.5 Å². The monoisotopic (exact) mass is 518 g/mol. The van der Waals surface area contributed by atoms with Gasteiger partial charge in [-0.2, -0.15) is 0 Å². The first-order valence-corrected chi connectivity index (χ1v) is 13.4. The number of aliphatic hydroxyl groups is 2. The van der Waals surface area contributed by atoms with Gasteiger partial charge < -0.3 is 20.4 Å². The third-order valence-electron chi connectivity index (χ3n) is 5.86. The molecule has 2 aromatic rings. The average molecular weight is 519 g/mol. The van der Waals surface area contributed by atoms with Crippen LogP contribution >= 0.6 is 35.1 Å². The highest BCUT2D eigenvalue weighted by atomic mass is 35.5. The van der Waals surface area contributed by atoms with Crippen molar-refractivity contribution < 1.29 is 19.8 Å². The minimum atomic E-state index is -1.84. The van der Waals surface area contributed by atoms with E-state index in [0.717, 1.165) is 29.1 Å². The highest BCUT2D eigenvalue weighted by Gasteiger charge is 2.38. The number of likely N-dealkylation sites (tertiary alicyclic amines) is 1. The van der Waals surface area contributed by atoms with Crippen LogP contribution in [0.4, 0.5) is 0 Å². The molecule has 34 heavy (non-hydrogen) atoms. The molecule has 3 N–H and O–H groups in total. The minimum Gasteiger partial charge on any atom is -0.380 e. The van der Waals surface area contributed by atoms with Crippen LogP contribution in [0, 0.1) is 0 Å². The van der Waals surface area contributed by atoms with E-state index >= 15 is 0 Å². The summed E-state index contributed by atoms with van der Waals surface area (Å²) in [7, 11) is 0. The summed E-state index contributed by atoms with van der Waals surface area (Å²) in [6.45, 7) is 0.702. The smallest absolute Gasteiger partial charge is 0.255 e. The number of rotatable bonds is 8. The van der Waals surface area contributed by atoms with E-state index in [1.54, 1.807) is 35.7 Å². The number of hydrogen-bond donors (Lipinski definition) is 3. The van der Waals surface area contributed by atoms with Gasteiger partial charge in [0.15, 0.2) is 12.2 Å².